The second-order valence-electron chi connectivity index (χ2n) is 7.27. The van der Waals surface area contributed by atoms with Gasteiger partial charge in [-0.15, -0.1) is 0 Å². The number of amides is 1. The molecule has 4 rings (SSSR count). The lowest BCUT2D eigenvalue weighted by Gasteiger charge is -2.13. The van der Waals surface area contributed by atoms with Gasteiger partial charge in [0.1, 0.15) is 5.82 Å². The summed E-state index contributed by atoms with van der Waals surface area (Å²) in [5.74, 6) is 1.51. The summed E-state index contributed by atoms with van der Waals surface area (Å²) in [6.45, 7) is 3.88. The molecule has 6 nitrogen and oxygen atoms in total. The minimum Gasteiger partial charge on any atom is -0.493 e. The van der Waals surface area contributed by atoms with Crippen LogP contribution in [-0.2, 0) is 0 Å². The Morgan fingerprint density at radius 2 is 1.65 bits per heavy atom. The molecule has 156 valence electrons. The minimum absolute atomic E-state index is 0.238. The van der Waals surface area contributed by atoms with Crippen molar-refractivity contribution in [2.75, 3.05) is 19.5 Å². The topological polar surface area (TPSA) is 73.3 Å². The van der Waals surface area contributed by atoms with E-state index in [-0.39, 0.29) is 5.91 Å². The molecular formula is C25H23N3O3. The highest BCUT2D eigenvalue weighted by molar-refractivity contribution is 6.12. The van der Waals surface area contributed by atoms with E-state index in [0.717, 1.165) is 27.7 Å². The number of para-hydroxylation sites is 1. The Labute approximate surface area is 180 Å². The molecule has 0 spiro atoms. The maximum atomic E-state index is 13.2. The van der Waals surface area contributed by atoms with Crippen molar-refractivity contribution < 1.29 is 14.3 Å². The van der Waals surface area contributed by atoms with Crippen LogP contribution < -0.4 is 14.8 Å². The molecule has 6 heteroatoms. The molecule has 0 unspecified atom stereocenters. The Kier molecular flexibility index (Phi) is 5.54. The largest absolute Gasteiger partial charge is 0.493 e. The van der Waals surface area contributed by atoms with Crippen LogP contribution in [-0.4, -0.2) is 30.1 Å². The van der Waals surface area contributed by atoms with Crippen molar-refractivity contribution in [3.05, 3.63) is 77.5 Å². The van der Waals surface area contributed by atoms with Gasteiger partial charge in [-0.05, 0) is 61.9 Å². The SMILES string of the molecule is COc1ccc(-c2cc(C(=O)Nc3cc(C)cc(C)n3)c3ccccc3n2)cc1OC. The molecule has 0 aliphatic carbocycles. The summed E-state index contributed by atoms with van der Waals surface area (Å²) in [6.07, 6.45) is 0. The standard InChI is InChI=1S/C25H23N3O3/c1-15-11-16(2)26-24(12-15)28-25(29)19-14-21(27-20-8-6-5-7-18(19)20)17-9-10-22(30-3)23(13-17)31-4/h5-14H,1-4H3,(H,26,28,29). The summed E-state index contributed by atoms with van der Waals surface area (Å²) in [5, 5.41) is 3.70. The van der Waals surface area contributed by atoms with E-state index in [4.69, 9.17) is 14.5 Å². The summed E-state index contributed by atoms with van der Waals surface area (Å²) in [7, 11) is 3.18. The number of aryl methyl sites for hydroxylation is 2. The molecule has 2 aromatic heterocycles. The van der Waals surface area contributed by atoms with Crippen LogP contribution in [0.25, 0.3) is 22.2 Å². The van der Waals surface area contributed by atoms with Gasteiger partial charge in [0.05, 0.1) is 31.0 Å². The molecule has 0 atom stereocenters. The van der Waals surface area contributed by atoms with Gasteiger partial charge >= 0.3 is 0 Å². The third-order valence-electron chi connectivity index (χ3n) is 4.98. The lowest BCUT2D eigenvalue weighted by atomic mass is 10.0. The maximum absolute atomic E-state index is 13.2. The summed E-state index contributed by atoms with van der Waals surface area (Å²) < 4.78 is 10.8. The number of rotatable bonds is 5. The van der Waals surface area contributed by atoms with Crippen molar-refractivity contribution in [1.29, 1.82) is 0 Å². The van der Waals surface area contributed by atoms with Gasteiger partial charge in [-0.1, -0.05) is 18.2 Å². The zero-order valence-corrected chi connectivity index (χ0v) is 17.9. The van der Waals surface area contributed by atoms with Gasteiger partial charge in [-0.25, -0.2) is 9.97 Å². The first kappa shape index (κ1) is 20.3. The number of fused-ring (bicyclic) bond motifs is 1. The smallest absolute Gasteiger partial charge is 0.257 e. The van der Waals surface area contributed by atoms with Gasteiger partial charge in [0.2, 0.25) is 0 Å². The van der Waals surface area contributed by atoms with E-state index < -0.39 is 0 Å². The number of anilines is 1. The lowest BCUT2D eigenvalue weighted by molar-refractivity contribution is 0.102. The summed E-state index contributed by atoms with van der Waals surface area (Å²) in [4.78, 5) is 22.4. The fraction of sp³-hybridized carbons (Fsp3) is 0.160. The van der Waals surface area contributed by atoms with Crippen molar-refractivity contribution in [2.45, 2.75) is 13.8 Å². The highest BCUT2D eigenvalue weighted by Crippen LogP contribution is 2.33. The molecule has 0 aliphatic rings. The predicted molar refractivity (Wildman–Crippen MR) is 122 cm³/mol. The van der Waals surface area contributed by atoms with E-state index in [2.05, 4.69) is 10.3 Å². The van der Waals surface area contributed by atoms with E-state index >= 15 is 0 Å². The Morgan fingerprint density at radius 1 is 0.871 bits per heavy atom. The number of nitrogens with zero attached hydrogens (tertiary/aromatic N) is 2. The zero-order chi connectivity index (χ0) is 22.0. The highest BCUT2D eigenvalue weighted by atomic mass is 16.5. The van der Waals surface area contributed by atoms with Crippen molar-refractivity contribution in [1.82, 2.24) is 9.97 Å². The van der Waals surface area contributed by atoms with Gasteiger partial charge < -0.3 is 14.8 Å². The van der Waals surface area contributed by atoms with Crippen molar-refractivity contribution in [3.8, 4) is 22.8 Å². The van der Waals surface area contributed by atoms with Gasteiger partial charge in [-0.2, -0.15) is 0 Å². The summed E-state index contributed by atoms with van der Waals surface area (Å²) in [6, 6.07) is 18.8. The predicted octanol–water partition coefficient (Wildman–Crippen LogP) is 5.18. The van der Waals surface area contributed by atoms with Crippen LogP contribution in [0.5, 0.6) is 11.5 Å². The van der Waals surface area contributed by atoms with E-state index in [1.54, 1.807) is 20.3 Å². The second kappa shape index (κ2) is 8.44. The molecule has 0 radical (unpaired) electrons. The number of nitrogens with one attached hydrogen (secondary N) is 1. The lowest BCUT2D eigenvalue weighted by Crippen LogP contribution is -2.14. The van der Waals surface area contributed by atoms with Crippen LogP contribution in [0.2, 0.25) is 0 Å². The number of methoxy groups -OCH3 is 2. The van der Waals surface area contributed by atoms with Crippen LogP contribution in [0.3, 0.4) is 0 Å². The molecule has 2 aromatic carbocycles. The minimum atomic E-state index is -0.238. The molecule has 2 heterocycles. The average molecular weight is 413 g/mol. The number of aromatic nitrogens is 2. The monoisotopic (exact) mass is 413 g/mol. The molecule has 4 aromatic rings. The molecule has 0 fully saturated rings. The first-order valence-corrected chi connectivity index (χ1v) is 9.87. The average Bonchev–Trinajstić information content (AvgIpc) is 2.77. The van der Waals surface area contributed by atoms with Crippen LogP contribution in [0, 0.1) is 13.8 Å². The molecule has 1 amide bonds. The summed E-state index contributed by atoms with van der Waals surface area (Å²) >= 11 is 0. The molecule has 0 saturated heterocycles. The number of carbonyl (C=O) groups is 1. The first-order valence-electron chi connectivity index (χ1n) is 9.87. The fourth-order valence-electron chi connectivity index (χ4n) is 3.60. The Hall–Kier alpha value is -3.93. The number of hydrogen-bond acceptors (Lipinski definition) is 5. The molecular weight excluding hydrogens is 390 g/mol. The third kappa shape index (κ3) is 4.19. The number of ether oxygens (including phenoxy) is 2. The molecule has 0 bridgehead atoms. The van der Waals surface area contributed by atoms with Crippen LogP contribution in [0.1, 0.15) is 21.6 Å². The first-order chi connectivity index (χ1) is 15.0. The fourth-order valence-corrected chi connectivity index (χ4v) is 3.60. The molecule has 0 aliphatic heterocycles. The van der Waals surface area contributed by atoms with Gasteiger partial charge in [0.15, 0.2) is 11.5 Å². The van der Waals surface area contributed by atoms with Gasteiger partial charge in [0, 0.05) is 16.6 Å². The Morgan fingerprint density at radius 3 is 2.39 bits per heavy atom. The van der Waals surface area contributed by atoms with E-state index in [1.807, 2.05) is 68.4 Å². The highest BCUT2D eigenvalue weighted by Gasteiger charge is 2.16. The van der Waals surface area contributed by atoms with Crippen LogP contribution >= 0.6 is 0 Å². The second-order valence-corrected chi connectivity index (χ2v) is 7.27. The van der Waals surface area contributed by atoms with E-state index in [0.29, 0.717) is 28.6 Å². The van der Waals surface area contributed by atoms with Crippen molar-refractivity contribution in [3.63, 3.8) is 0 Å². The van der Waals surface area contributed by atoms with Crippen molar-refractivity contribution >= 4 is 22.6 Å². The maximum Gasteiger partial charge on any atom is 0.257 e. The van der Waals surface area contributed by atoms with E-state index in [9.17, 15) is 4.79 Å². The normalized spacial score (nSPS) is 10.7. The number of hydrogen-bond donors (Lipinski definition) is 1. The Bertz CT molecular complexity index is 1260. The molecule has 31 heavy (non-hydrogen) atoms. The number of pyridine rings is 2. The van der Waals surface area contributed by atoms with Crippen LogP contribution in [0.15, 0.2) is 60.7 Å². The third-order valence-corrected chi connectivity index (χ3v) is 4.98. The van der Waals surface area contributed by atoms with Crippen molar-refractivity contribution in [2.24, 2.45) is 0 Å². The Balaban J connectivity index is 1.81. The molecule has 0 saturated carbocycles. The summed E-state index contributed by atoms with van der Waals surface area (Å²) in [5.41, 5.74) is 4.62. The van der Waals surface area contributed by atoms with E-state index in [1.165, 1.54) is 0 Å². The van der Waals surface area contributed by atoms with Crippen LogP contribution in [0.4, 0.5) is 5.82 Å². The van der Waals surface area contributed by atoms with Gasteiger partial charge in [-0.3, -0.25) is 4.79 Å². The number of carbonyl (C=O) groups excluding carboxylic acids is 1. The molecule has 1 N–H and O–H groups in total. The quantitative estimate of drug-likeness (QED) is 0.488. The number of benzene rings is 2. The van der Waals surface area contributed by atoms with Gasteiger partial charge in [0.25, 0.3) is 5.91 Å². The zero-order valence-electron chi connectivity index (χ0n) is 17.9.